The lowest BCUT2D eigenvalue weighted by Crippen LogP contribution is -1.93. The molecule has 4 nitrogen and oxygen atoms in total. The average molecular weight is 206 g/mol. The highest BCUT2D eigenvalue weighted by molar-refractivity contribution is 5.80. The Morgan fingerprint density at radius 3 is 2.33 bits per heavy atom. The molecule has 0 amide bonds. The minimum Gasteiger partial charge on any atom is -0.493 e. The summed E-state index contributed by atoms with van der Waals surface area (Å²) in [5.41, 5.74) is 1.97. The number of rotatable bonds is 2. The van der Waals surface area contributed by atoms with Crippen LogP contribution >= 0.6 is 0 Å². The van der Waals surface area contributed by atoms with Crippen molar-refractivity contribution < 1.29 is 9.47 Å². The second-order valence-corrected chi connectivity index (χ2v) is 3.41. The third-order valence-electron chi connectivity index (χ3n) is 2.61. The molecule has 0 aliphatic rings. The van der Waals surface area contributed by atoms with Crippen molar-refractivity contribution in [2.24, 2.45) is 7.05 Å². The molecule has 2 rings (SSSR count). The summed E-state index contributed by atoms with van der Waals surface area (Å²) in [6.07, 6.45) is 0. The van der Waals surface area contributed by atoms with Crippen molar-refractivity contribution in [2.75, 3.05) is 14.2 Å². The number of benzene rings is 1. The maximum Gasteiger partial charge on any atom is 0.163 e. The number of hydrogen-bond acceptors (Lipinski definition) is 3. The lowest BCUT2D eigenvalue weighted by molar-refractivity contribution is 0.355. The highest BCUT2D eigenvalue weighted by atomic mass is 16.5. The first kappa shape index (κ1) is 9.83. The number of fused-ring (bicyclic) bond motifs is 1. The summed E-state index contributed by atoms with van der Waals surface area (Å²) >= 11 is 0. The van der Waals surface area contributed by atoms with Gasteiger partial charge in [-0.25, -0.2) is 4.98 Å². The van der Waals surface area contributed by atoms with E-state index in [2.05, 4.69) is 4.98 Å². The first-order valence-corrected chi connectivity index (χ1v) is 4.72. The predicted octanol–water partition coefficient (Wildman–Crippen LogP) is 1.90. The third kappa shape index (κ3) is 1.42. The lowest BCUT2D eigenvalue weighted by Gasteiger charge is -2.07. The van der Waals surface area contributed by atoms with Crippen LogP contribution in [0.5, 0.6) is 11.5 Å². The third-order valence-corrected chi connectivity index (χ3v) is 2.61. The Balaban J connectivity index is 2.75. The number of aromatic nitrogens is 2. The zero-order chi connectivity index (χ0) is 11.0. The van der Waals surface area contributed by atoms with E-state index in [4.69, 9.17) is 9.47 Å². The van der Waals surface area contributed by atoms with Gasteiger partial charge >= 0.3 is 0 Å². The fraction of sp³-hybridized carbons (Fsp3) is 0.364. The molecule has 0 fully saturated rings. The van der Waals surface area contributed by atoms with E-state index in [1.54, 1.807) is 14.2 Å². The monoisotopic (exact) mass is 206 g/mol. The largest absolute Gasteiger partial charge is 0.493 e. The molecule has 80 valence electrons. The number of imidazole rings is 1. The Hall–Kier alpha value is -1.71. The maximum absolute atomic E-state index is 5.24. The van der Waals surface area contributed by atoms with Crippen LogP contribution in [0.2, 0.25) is 0 Å². The van der Waals surface area contributed by atoms with Gasteiger partial charge in [0.1, 0.15) is 5.82 Å². The lowest BCUT2D eigenvalue weighted by atomic mass is 10.2. The molecule has 2 aromatic rings. The summed E-state index contributed by atoms with van der Waals surface area (Å²) in [5, 5.41) is 0. The minimum atomic E-state index is 0.711. The molecular weight excluding hydrogens is 192 g/mol. The van der Waals surface area contributed by atoms with Crippen LogP contribution in [0.25, 0.3) is 11.0 Å². The highest BCUT2D eigenvalue weighted by Gasteiger charge is 2.10. The summed E-state index contributed by atoms with van der Waals surface area (Å²) in [4.78, 5) is 4.42. The van der Waals surface area contributed by atoms with Crippen molar-refractivity contribution in [3.8, 4) is 11.5 Å². The Labute approximate surface area is 88.4 Å². The number of nitrogens with zero attached hydrogens (tertiary/aromatic N) is 2. The fourth-order valence-corrected chi connectivity index (χ4v) is 1.64. The van der Waals surface area contributed by atoms with Crippen molar-refractivity contribution in [1.82, 2.24) is 9.55 Å². The van der Waals surface area contributed by atoms with E-state index in [1.807, 2.05) is 30.7 Å². The van der Waals surface area contributed by atoms with Crippen LogP contribution in [0.3, 0.4) is 0 Å². The van der Waals surface area contributed by atoms with Crippen molar-refractivity contribution in [2.45, 2.75) is 6.92 Å². The van der Waals surface area contributed by atoms with Crippen molar-refractivity contribution in [3.05, 3.63) is 18.0 Å². The molecule has 0 bridgehead atoms. The van der Waals surface area contributed by atoms with Gasteiger partial charge in [-0.2, -0.15) is 0 Å². The zero-order valence-electron chi connectivity index (χ0n) is 9.37. The Bertz CT molecular complexity index is 503. The molecule has 0 atom stereocenters. The van der Waals surface area contributed by atoms with Crippen molar-refractivity contribution >= 4 is 11.0 Å². The van der Waals surface area contributed by atoms with Gasteiger partial charge in [-0.1, -0.05) is 0 Å². The number of ether oxygens (including phenoxy) is 2. The van der Waals surface area contributed by atoms with Crippen molar-refractivity contribution in [1.29, 1.82) is 0 Å². The van der Waals surface area contributed by atoms with E-state index in [0.717, 1.165) is 22.6 Å². The first-order valence-electron chi connectivity index (χ1n) is 4.72. The van der Waals surface area contributed by atoms with E-state index in [-0.39, 0.29) is 0 Å². The molecule has 4 heteroatoms. The van der Waals surface area contributed by atoms with Crippen LogP contribution in [0.1, 0.15) is 5.82 Å². The standard InChI is InChI=1S/C11H14N2O2/c1-7-12-8-5-10(14-3)11(15-4)6-9(8)13(7)2/h5-6H,1-4H3. The predicted molar refractivity (Wildman–Crippen MR) is 58.6 cm³/mol. The van der Waals surface area contributed by atoms with Crippen LogP contribution < -0.4 is 9.47 Å². The molecular formula is C11H14N2O2. The van der Waals surface area contributed by atoms with Crippen LogP contribution in [0.4, 0.5) is 0 Å². The van der Waals surface area contributed by atoms with Gasteiger partial charge < -0.3 is 14.0 Å². The fourth-order valence-electron chi connectivity index (χ4n) is 1.64. The second kappa shape index (κ2) is 3.46. The molecule has 0 aliphatic carbocycles. The molecule has 1 heterocycles. The van der Waals surface area contributed by atoms with E-state index in [9.17, 15) is 0 Å². The zero-order valence-corrected chi connectivity index (χ0v) is 9.37. The number of aryl methyl sites for hydroxylation is 2. The molecule has 0 aliphatic heterocycles. The Kier molecular flexibility index (Phi) is 2.26. The topological polar surface area (TPSA) is 36.3 Å². The smallest absolute Gasteiger partial charge is 0.163 e. The van der Waals surface area contributed by atoms with Crippen molar-refractivity contribution in [3.63, 3.8) is 0 Å². The van der Waals surface area contributed by atoms with Gasteiger partial charge in [-0.3, -0.25) is 0 Å². The van der Waals surface area contributed by atoms with Crippen LogP contribution in [-0.4, -0.2) is 23.8 Å². The molecule has 0 saturated heterocycles. The summed E-state index contributed by atoms with van der Waals surface area (Å²) in [5.74, 6) is 2.41. The van der Waals surface area contributed by atoms with Gasteiger partial charge in [0.25, 0.3) is 0 Å². The van der Waals surface area contributed by atoms with E-state index in [0.29, 0.717) is 5.75 Å². The first-order chi connectivity index (χ1) is 7.17. The molecule has 0 unspecified atom stereocenters. The van der Waals surface area contributed by atoms with Gasteiger partial charge in [0, 0.05) is 19.2 Å². The molecule has 0 radical (unpaired) electrons. The normalized spacial score (nSPS) is 10.7. The number of hydrogen-bond donors (Lipinski definition) is 0. The van der Waals surface area contributed by atoms with Gasteiger partial charge in [-0.15, -0.1) is 0 Å². The van der Waals surface area contributed by atoms with Gasteiger partial charge in [0.15, 0.2) is 11.5 Å². The molecule has 0 spiro atoms. The van der Waals surface area contributed by atoms with Gasteiger partial charge in [-0.05, 0) is 6.92 Å². The average Bonchev–Trinajstić information content (AvgIpc) is 2.53. The summed E-state index contributed by atoms with van der Waals surface area (Å²) in [7, 11) is 5.24. The minimum absolute atomic E-state index is 0.711. The van der Waals surface area contributed by atoms with Gasteiger partial charge in [0.05, 0.1) is 25.3 Å². The molecule has 0 N–H and O–H groups in total. The van der Waals surface area contributed by atoms with Crippen LogP contribution in [0.15, 0.2) is 12.1 Å². The Morgan fingerprint density at radius 1 is 1.13 bits per heavy atom. The quantitative estimate of drug-likeness (QED) is 0.753. The van der Waals surface area contributed by atoms with E-state index >= 15 is 0 Å². The molecule has 1 aromatic heterocycles. The van der Waals surface area contributed by atoms with Crippen LogP contribution in [0, 0.1) is 6.92 Å². The maximum atomic E-state index is 5.24. The SMILES string of the molecule is COc1cc2nc(C)n(C)c2cc1OC. The van der Waals surface area contributed by atoms with Gasteiger partial charge in [0.2, 0.25) is 0 Å². The Morgan fingerprint density at radius 2 is 1.73 bits per heavy atom. The molecule has 1 aromatic carbocycles. The number of methoxy groups -OCH3 is 2. The summed E-state index contributed by atoms with van der Waals surface area (Å²) in [6, 6.07) is 3.83. The summed E-state index contributed by atoms with van der Waals surface area (Å²) < 4.78 is 12.5. The van der Waals surface area contributed by atoms with Crippen LogP contribution in [-0.2, 0) is 7.05 Å². The summed E-state index contributed by atoms with van der Waals surface area (Å²) in [6.45, 7) is 1.97. The molecule has 0 saturated carbocycles. The van der Waals surface area contributed by atoms with E-state index in [1.165, 1.54) is 0 Å². The molecule has 15 heavy (non-hydrogen) atoms. The second-order valence-electron chi connectivity index (χ2n) is 3.41. The van der Waals surface area contributed by atoms with E-state index < -0.39 is 0 Å². The highest BCUT2D eigenvalue weighted by Crippen LogP contribution is 2.31.